The maximum Gasteiger partial charge on any atom is 0.269 e. The number of nitrogens with one attached hydrogen (secondary N) is 1. The molecular weight excluding hydrogens is 292 g/mol. The van der Waals surface area contributed by atoms with E-state index in [9.17, 15) is 15.2 Å². The lowest BCUT2D eigenvalue weighted by Crippen LogP contribution is -2.09. The summed E-state index contributed by atoms with van der Waals surface area (Å²) in [6.07, 6.45) is 0.750. The van der Waals surface area contributed by atoms with E-state index in [1.54, 1.807) is 24.3 Å². The van der Waals surface area contributed by atoms with Crippen LogP contribution in [-0.4, -0.2) is 10.0 Å². The molecule has 1 unspecified atom stereocenters. The van der Waals surface area contributed by atoms with E-state index in [0.717, 1.165) is 17.7 Å². The monoisotopic (exact) mass is 306 g/mol. The fourth-order valence-electron chi connectivity index (χ4n) is 2.07. The fourth-order valence-corrected chi connectivity index (χ4v) is 2.25. The predicted octanol–water partition coefficient (Wildman–Crippen LogP) is 4.52. The van der Waals surface area contributed by atoms with E-state index < -0.39 is 4.92 Å². The highest BCUT2D eigenvalue weighted by Gasteiger charge is 2.13. The van der Waals surface area contributed by atoms with Crippen molar-refractivity contribution in [1.82, 2.24) is 0 Å². The van der Waals surface area contributed by atoms with E-state index in [1.807, 2.05) is 13.0 Å². The number of phenols is 1. The van der Waals surface area contributed by atoms with Crippen LogP contribution in [0, 0.1) is 10.1 Å². The number of hydrogen-bond acceptors (Lipinski definition) is 4. The number of nitrogens with zero attached hydrogens (tertiary/aromatic N) is 1. The van der Waals surface area contributed by atoms with Gasteiger partial charge in [-0.1, -0.05) is 30.7 Å². The molecule has 0 fully saturated rings. The van der Waals surface area contributed by atoms with Crippen molar-refractivity contribution in [3.63, 3.8) is 0 Å². The number of nitro groups is 1. The van der Waals surface area contributed by atoms with Gasteiger partial charge in [0.2, 0.25) is 0 Å². The summed E-state index contributed by atoms with van der Waals surface area (Å²) in [6, 6.07) is 11.3. The smallest absolute Gasteiger partial charge is 0.269 e. The Morgan fingerprint density at radius 2 is 2.10 bits per heavy atom. The lowest BCUT2D eigenvalue weighted by atomic mass is 10.0. The Kier molecular flexibility index (Phi) is 4.65. The van der Waals surface area contributed by atoms with E-state index in [2.05, 4.69) is 5.32 Å². The predicted molar refractivity (Wildman–Crippen MR) is 82.9 cm³/mol. The summed E-state index contributed by atoms with van der Waals surface area (Å²) in [7, 11) is 0. The lowest BCUT2D eigenvalue weighted by molar-refractivity contribution is -0.384. The van der Waals surface area contributed by atoms with Crippen LogP contribution in [0.25, 0.3) is 0 Å². The molecule has 0 saturated carbocycles. The van der Waals surface area contributed by atoms with Crippen molar-refractivity contribution >= 4 is 23.0 Å². The minimum absolute atomic E-state index is 0.0191. The minimum Gasteiger partial charge on any atom is -0.506 e. The van der Waals surface area contributed by atoms with Crippen molar-refractivity contribution in [1.29, 1.82) is 0 Å². The second-order valence-corrected chi connectivity index (χ2v) is 5.03. The highest BCUT2D eigenvalue weighted by molar-refractivity contribution is 6.32. The van der Waals surface area contributed by atoms with Gasteiger partial charge in [-0.05, 0) is 30.2 Å². The van der Waals surface area contributed by atoms with Crippen molar-refractivity contribution in [2.24, 2.45) is 0 Å². The number of non-ortho nitro benzene ring substituents is 1. The normalized spacial score (nSPS) is 11.9. The number of anilines is 1. The molecule has 1 atom stereocenters. The molecule has 0 heterocycles. The first-order valence-corrected chi connectivity index (χ1v) is 6.88. The summed E-state index contributed by atoms with van der Waals surface area (Å²) in [4.78, 5) is 10.4. The number of hydrogen-bond donors (Lipinski definition) is 2. The molecule has 2 aromatic carbocycles. The summed E-state index contributed by atoms with van der Waals surface area (Å²) in [5.41, 5.74) is 1.64. The third-order valence-corrected chi connectivity index (χ3v) is 3.48. The number of rotatable bonds is 5. The van der Waals surface area contributed by atoms with Crippen molar-refractivity contribution < 1.29 is 10.0 Å². The number of halogens is 1. The minimum atomic E-state index is -0.409. The highest BCUT2D eigenvalue weighted by atomic mass is 35.5. The molecule has 0 bridgehead atoms. The molecule has 2 N–H and O–H groups in total. The quantitative estimate of drug-likeness (QED) is 0.484. The van der Waals surface area contributed by atoms with Crippen LogP contribution in [-0.2, 0) is 0 Å². The Morgan fingerprint density at radius 3 is 2.71 bits per heavy atom. The first-order chi connectivity index (χ1) is 10.0. The molecule has 0 aromatic heterocycles. The first kappa shape index (κ1) is 15.1. The summed E-state index contributed by atoms with van der Waals surface area (Å²) in [6.45, 7) is 1.98. The van der Waals surface area contributed by atoms with Crippen LogP contribution >= 0.6 is 11.6 Å². The SMILES string of the molecule is CCC(Nc1ccc(O)c(Cl)c1)c1cccc([N+](=O)[O-])c1. The van der Waals surface area contributed by atoms with Gasteiger partial charge in [0.1, 0.15) is 5.75 Å². The standard InChI is InChI=1S/C15H15ClN2O3/c1-2-14(10-4-3-5-12(8-10)18(20)21)17-11-6-7-15(19)13(16)9-11/h3-9,14,17,19H,2H2,1H3. The summed E-state index contributed by atoms with van der Waals surface area (Å²) in [5.74, 6) is 0.0191. The molecule has 0 aliphatic heterocycles. The van der Waals surface area contributed by atoms with E-state index in [4.69, 9.17) is 11.6 Å². The Bertz CT molecular complexity index is 661. The summed E-state index contributed by atoms with van der Waals surface area (Å²) < 4.78 is 0. The Hall–Kier alpha value is -2.27. The maximum atomic E-state index is 10.8. The maximum absolute atomic E-state index is 10.8. The third-order valence-electron chi connectivity index (χ3n) is 3.18. The van der Waals surface area contributed by atoms with Gasteiger partial charge in [0, 0.05) is 17.8 Å². The van der Waals surface area contributed by atoms with Gasteiger partial charge < -0.3 is 10.4 Å². The summed E-state index contributed by atoms with van der Waals surface area (Å²) in [5, 5.41) is 23.8. The molecule has 2 aromatic rings. The van der Waals surface area contributed by atoms with Crippen molar-refractivity contribution in [2.75, 3.05) is 5.32 Å². The molecule has 0 amide bonds. The van der Waals surface area contributed by atoms with Gasteiger partial charge in [-0.2, -0.15) is 0 Å². The topological polar surface area (TPSA) is 75.4 Å². The van der Waals surface area contributed by atoms with Gasteiger partial charge in [0.15, 0.2) is 0 Å². The van der Waals surface area contributed by atoms with Crippen LogP contribution in [0.1, 0.15) is 24.9 Å². The van der Waals surface area contributed by atoms with Gasteiger partial charge in [0.25, 0.3) is 5.69 Å². The van der Waals surface area contributed by atoms with Gasteiger partial charge >= 0.3 is 0 Å². The number of benzene rings is 2. The van der Waals surface area contributed by atoms with Crippen LogP contribution in [0.2, 0.25) is 5.02 Å². The van der Waals surface area contributed by atoms with Gasteiger partial charge in [-0.3, -0.25) is 10.1 Å². The average Bonchev–Trinajstić information content (AvgIpc) is 2.48. The van der Waals surface area contributed by atoms with Crippen molar-refractivity contribution in [2.45, 2.75) is 19.4 Å². The third kappa shape index (κ3) is 3.64. The second-order valence-electron chi connectivity index (χ2n) is 4.62. The average molecular weight is 307 g/mol. The Balaban J connectivity index is 2.25. The van der Waals surface area contributed by atoms with Gasteiger partial charge in [-0.25, -0.2) is 0 Å². The molecule has 2 rings (SSSR count). The first-order valence-electron chi connectivity index (χ1n) is 6.50. The zero-order chi connectivity index (χ0) is 15.4. The molecule has 5 nitrogen and oxygen atoms in total. The molecule has 110 valence electrons. The van der Waals surface area contributed by atoms with E-state index in [-0.39, 0.29) is 22.5 Å². The van der Waals surface area contributed by atoms with Crippen LogP contribution in [0.15, 0.2) is 42.5 Å². The molecule has 0 aliphatic rings. The molecule has 0 spiro atoms. The van der Waals surface area contributed by atoms with Crippen molar-refractivity contribution in [3.05, 3.63) is 63.2 Å². The largest absolute Gasteiger partial charge is 0.506 e. The number of nitro benzene ring substituents is 1. The molecule has 0 saturated heterocycles. The zero-order valence-corrected chi connectivity index (χ0v) is 12.2. The molecular formula is C15H15ClN2O3. The van der Waals surface area contributed by atoms with Crippen LogP contribution in [0.3, 0.4) is 0 Å². The molecule has 0 radical (unpaired) electrons. The fraction of sp³-hybridized carbons (Fsp3) is 0.200. The van der Waals surface area contributed by atoms with Gasteiger partial charge in [-0.15, -0.1) is 0 Å². The van der Waals surface area contributed by atoms with E-state index >= 15 is 0 Å². The van der Waals surface area contributed by atoms with Crippen molar-refractivity contribution in [3.8, 4) is 5.75 Å². The number of phenolic OH excluding ortho intramolecular Hbond substituents is 1. The van der Waals surface area contributed by atoms with Crippen LogP contribution < -0.4 is 5.32 Å². The molecule has 6 heteroatoms. The Morgan fingerprint density at radius 1 is 1.33 bits per heavy atom. The van der Waals surface area contributed by atoms with Crippen LogP contribution in [0.5, 0.6) is 5.75 Å². The van der Waals surface area contributed by atoms with Crippen LogP contribution in [0.4, 0.5) is 11.4 Å². The molecule has 21 heavy (non-hydrogen) atoms. The second kappa shape index (κ2) is 6.45. The Labute approximate surface area is 127 Å². The van der Waals surface area contributed by atoms with E-state index in [1.165, 1.54) is 12.1 Å². The highest BCUT2D eigenvalue weighted by Crippen LogP contribution is 2.30. The lowest BCUT2D eigenvalue weighted by Gasteiger charge is -2.19. The van der Waals surface area contributed by atoms with Gasteiger partial charge in [0.05, 0.1) is 16.0 Å². The zero-order valence-electron chi connectivity index (χ0n) is 11.4. The molecule has 0 aliphatic carbocycles. The number of aromatic hydroxyl groups is 1. The van der Waals surface area contributed by atoms with E-state index in [0.29, 0.717) is 0 Å². The summed E-state index contributed by atoms with van der Waals surface area (Å²) >= 11 is 5.87.